The Bertz CT molecular complexity index is 610. The van der Waals surface area contributed by atoms with Gasteiger partial charge in [0, 0.05) is 11.8 Å². The Balaban J connectivity index is 2.52. The summed E-state index contributed by atoms with van der Waals surface area (Å²) in [7, 11) is 1.65. The van der Waals surface area contributed by atoms with Crippen LogP contribution in [0, 0.1) is 11.3 Å². The summed E-state index contributed by atoms with van der Waals surface area (Å²) in [4.78, 5) is 4.33. The van der Waals surface area contributed by atoms with Gasteiger partial charge in [0.25, 0.3) is 0 Å². The summed E-state index contributed by atoms with van der Waals surface area (Å²) in [5.74, 6) is 1.24. The van der Waals surface area contributed by atoms with Gasteiger partial charge in [-0.15, -0.1) is 0 Å². The number of methoxy groups -OCH3 is 1. The number of ether oxygens (including phenoxy) is 1. The fourth-order valence-electron chi connectivity index (χ4n) is 1.90. The van der Waals surface area contributed by atoms with Gasteiger partial charge in [-0.05, 0) is 35.7 Å². The number of rotatable bonds is 3. The molecule has 0 amide bonds. The van der Waals surface area contributed by atoms with Crippen molar-refractivity contribution in [2.75, 3.05) is 7.11 Å². The van der Waals surface area contributed by atoms with E-state index < -0.39 is 0 Å². The van der Waals surface area contributed by atoms with E-state index in [1.807, 2.05) is 12.1 Å². The number of benzene rings is 1. The second kappa shape index (κ2) is 5.53. The lowest BCUT2D eigenvalue weighted by Crippen LogP contribution is -1.94. The molecule has 0 aliphatic rings. The number of hydrogen-bond donors (Lipinski definition) is 0. The highest BCUT2D eigenvalue weighted by Gasteiger charge is 2.10. The average molecular weight is 252 g/mol. The minimum absolute atomic E-state index is 0.447. The Labute approximate surface area is 113 Å². The van der Waals surface area contributed by atoms with Crippen LogP contribution in [0.5, 0.6) is 5.75 Å². The minimum atomic E-state index is 0.447. The van der Waals surface area contributed by atoms with Crippen LogP contribution in [0.3, 0.4) is 0 Å². The molecule has 0 bridgehead atoms. The SMILES string of the molecule is COc1ccc(C(C)C)cc1-c1ccc(C#N)cn1. The van der Waals surface area contributed by atoms with Crippen LogP contribution < -0.4 is 4.74 Å². The monoisotopic (exact) mass is 252 g/mol. The molecule has 1 heterocycles. The number of hydrogen-bond acceptors (Lipinski definition) is 3. The van der Waals surface area contributed by atoms with Crippen LogP contribution in [0.15, 0.2) is 36.5 Å². The van der Waals surface area contributed by atoms with E-state index in [9.17, 15) is 0 Å². The predicted molar refractivity (Wildman–Crippen MR) is 75.0 cm³/mol. The minimum Gasteiger partial charge on any atom is -0.496 e. The molecular formula is C16H16N2O. The smallest absolute Gasteiger partial charge is 0.128 e. The van der Waals surface area contributed by atoms with Gasteiger partial charge in [0.15, 0.2) is 0 Å². The highest BCUT2D eigenvalue weighted by atomic mass is 16.5. The fraction of sp³-hybridized carbons (Fsp3) is 0.250. The Hall–Kier alpha value is -2.34. The molecule has 0 atom stereocenters. The normalized spacial score (nSPS) is 10.3. The first kappa shape index (κ1) is 13.1. The molecule has 0 unspecified atom stereocenters. The van der Waals surface area contributed by atoms with Crippen LogP contribution in [0.25, 0.3) is 11.3 Å². The van der Waals surface area contributed by atoms with Crippen molar-refractivity contribution in [3.63, 3.8) is 0 Å². The van der Waals surface area contributed by atoms with Crippen LogP contribution >= 0.6 is 0 Å². The zero-order chi connectivity index (χ0) is 13.8. The summed E-state index contributed by atoms with van der Waals surface area (Å²) in [6.45, 7) is 4.30. The van der Waals surface area contributed by atoms with Gasteiger partial charge >= 0.3 is 0 Å². The topological polar surface area (TPSA) is 45.9 Å². The third-order valence-electron chi connectivity index (χ3n) is 3.06. The highest BCUT2D eigenvalue weighted by molar-refractivity contribution is 5.68. The van der Waals surface area contributed by atoms with Gasteiger partial charge in [-0.2, -0.15) is 5.26 Å². The molecule has 3 nitrogen and oxygen atoms in total. The highest BCUT2D eigenvalue weighted by Crippen LogP contribution is 2.31. The van der Waals surface area contributed by atoms with E-state index >= 15 is 0 Å². The van der Waals surface area contributed by atoms with Crippen molar-refractivity contribution in [2.45, 2.75) is 19.8 Å². The number of nitriles is 1. The Morgan fingerprint density at radius 1 is 1.21 bits per heavy atom. The molecule has 0 saturated carbocycles. The molecule has 1 aromatic heterocycles. The van der Waals surface area contributed by atoms with E-state index in [1.165, 1.54) is 5.56 Å². The van der Waals surface area contributed by atoms with Crippen LogP contribution in [0.4, 0.5) is 0 Å². The van der Waals surface area contributed by atoms with E-state index in [0.717, 1.165) is 17.0 Å². The third kappa shape index (κ3) is 2.74. The lowest BCUT2D eigenvalue weighted by atomic mass is 9.98. The first-order chi connectivity index (χ1) is 9.15. The zero-order valence-corrected chi connectivity index (χ0v) is 11.3. The van der Waals surface area contributed by atoms with E-state index in [1.54, 1.807) is 19.4 Å². The summed E-state index contributed by atoms with van der Waals surface area (Å²) < 4.78 is 5.39. The van der Waals surface area contributed by atoms with Crippen LogP contribution in [-0.2, 0) is 0 Å². The van der Waals surface area contributed by atoms with E-state index in [4.69, 9.17) is 10.00 Å². The molecule has 19 heavy (non-hydrogen) atoms. The Morgan fingerprint density at radius 3 is 2.53 bits per heavy atom. The summed E-state index contributed by atoms with van der Waals surface area (Å²) in [5.41, 5.74) is 3.57. The molecular weight excluding hydrogens is 236 g/mol. The first-order valence-corrected chi connectivity index (χ1v) is 6.20. The number of nitrogens with zero attached hydrogens (tertiary/aromatic N) is 2. The van der Waals surface area contributed by atoms with Gasteiger partial charge in [-0.25, -0.2) is 0 Å². The number of pyridine rings is 1. The van der Waals surface area contributed by atoms with Crippen molar-refractivity contribution in [3.05, 3.63) is 47.7 Å². The van der Waals surface area contributed by atoms with Crippen LogP contribution in [-0.4, -0.2) is 12.1 Å². The van der Waals surface area contributed by atoms with Gasteiger partial charge in [0.1, 0.15) is 11.8 Å². The molecule has 2 rings (SSSR count). The van der Waals surface area contributed by atoms with Crippen molar-refractivity contribution in [2.24, 2.45) is 0 Å². The molecule has 0 spiro atoms. The summed E-state index contributed by atoms with van der Waals surface area (Å²) >= 11 is 0. The fourth-order valence-corrected chi connectivity index (χ4v) is 1.90. The van der Waals surface area contributed by atoms with Crippen LogP contribution in [0.2, 0.25) is 0 Å². The summed E-state index contributed by atoms with van der Waals surface area (Å²) in [5, 5.41) is 8.80. The maximum Gasteiger partial charge on any atom is 0.128 e. The maximum atomic E-state index is 8.80. The number of aromatic nitrogens is 1. The van der Waals surface area contributed by atoms with Crippen molar-refractivity contribution in [1.82, 2.24) is 4.98 Å². The van der Waals surface area contributed by atoms with E-state index in [2.05, 4.69) is 37.0 Å². The van der Waals surface area contributed by atoms with Crippen molar-refractivity contribution in [1.29, 1.82) is 5.26 Å². The summed E-state index contributed by atoms with van der Waals surface area (Å²) in [6.07, 6.45) is 1.58. The summed E-state index contributed by atoms with van der Waals surface area (Å²) in [6, 6.07) is 11.8. The Morgan fingerprint density at radius 2 is 2.00 bits per heavy atom. The molecule has 1 aromatic carbocycles. The second-order valence-electron chi connectivity index (χ2n) is 4.66. The van der Waals surface area contributed by atoms with Gasteiger partial charge in [0.05, 0.1) is 18.4 Å². The maximum absolute atomic E-state index is 8.80. The van der Waals surface area contributed by atoms with Gasteiger partial charge < -0.3 is 4.74 Å². The quantitative estimate of drug-likeness (QED) is 0.835. The lowest BCUT2D eigenvalue weighted by molar-refractivity contribution is 0.416. The predicted octanol–water partition coefficient (Wildman–Crippen LogP) is 3.75. The molecule has 0 N–H and O–H groups in total. The molecule has 0 saturated heterocycles. The molecule has 0 aliphatic carbocycles. The molecule has 0 radical (unpaired) electrons. The zero-order valence-electron chi connectivity index (χ0n) is 11.3. The van der Waals surface area contributed by atoms with Gasteiger partial charge in [-0.3, -0.25) is 4.98 Å². The molecule has 0 aliphatic heterocycles. The van der Waals surface area contributed by atoms with E-state index in [0.29, 0.717) is 11.5 Å². The van der Waals surface area contributed by atoms with Crippen molar-refractivity contribution < 1.29 is 4.74 Å². The first-order valence-electron chi connectivity index (χ1n) is 6.20. The molecule has 0 fully saturated rings. The van der Waals surface area contributed by atoms with Crippen LogP contribution in [0.1, 0.15) is 30.9 Å². The average Bonchev–Trinajstić information content (AvgIpc) is 2.46. The standard InChI is InChI=1S/C16H16N2O/c1-11(2)13-5-7-16(19-3)14(8-13)15-6-4-12(9-17)10-18-15/h4-8,10-11H,1-3H3. The lowest BCUT2D eigenvalue weighted by Gasteiger charge is -2.12. The van der Waals surface area contributed by atoms with Crippen molar-refractivity contribution >= 4 is 0 Å². The van der Waals surface area contributed by atoms with E-state index in [-0.39, 0.29) is 0 Å². The largest absolute Gasteiger partial charge is 0.496 e. The van der Waals surface area contributed by atoms with Crippen molar-refractivity contribution in [3.8, 4) is 23.1 Å². The Kier molecular flexibility index (Phi) is 3.82. The van der Waals surface area contributed by atoms with Gasteiger partial charge in [0.2, 0.25) is 0 Å². The molecule has 96 valence electrons. The second-order valence-corrected chi connectivity index (χ2v) is 4.66. The van der Waals surface area contributed by atoms with Gasteiger partial charge in [-0.1, -0.05) is 19.9 Å². The molecule has 2 aromatic rings. The molecule has 3 heteroatoms. The third-order valence-corrected chi connectivity index (χ3v) is 3.06.